The van der Waals surface area contributed by atoms with E-state index in [1.54, 1.807) is 0 Å². The molecule has 3 heterocycles. The molecule has 1 aromatic carbocycles. The van der Waals surface area contributed by atoms with Crippen molar-refractivity contribution < 1.29 is 4.57 Å². The van der Waals surface area contributed by atoms with Crippen molar-refractivity contribution in [3.8, 4) is 17.2 Å². The fraction of sp³-hybridized carbons (Fsp3) is 0.318. The minimum absolute atomic E-state index is 0.00313. The Balaban J connectivity index is 2.00. The van der Waals surface area contributed by atoms with Crippen LogP contribution in [-0.4, -0.2) is 19.7 Å². The number of aromatic nitrogens is 5. The first-order valence-electron chi connectivity index (χ1n) is 9.19. The van der Waals surface area contributed by atoms with Crippen LogP contribution in [0, 0.1) is 20.2 Å². The van der Waals surface area contributed by atoms with Gasteiger partial charge in [-0.3, -0.25) is 10.1 Å². The summed E-state index contributed by atoms with van der Waals surface area (Å²) in [6, 6.07) is 12.6. The minimum Gasteiger partial charge on any atom is -0.316 e. The van der Waals surface area contributed by atoms with Crippen LogP contribution < -0.4 is 4.57 Å². The molecule has 0 spiro atoms. The number of hydrogen-bond acceptors (Lipinski definition) is 2. The van der Waals surface area contributed by atoms with Crippen molar-refractivity contribution >= 4 is 11.0 Å². The Morgan fingerprint density at radius 2 is 1.85 bits per heavy atom. The number of imidazole rings is 1. The SMILES string of the molecule is Cc1[nH]nc(-c2cc(C(C)(C)C)cc(-n3[c-][n+](C)c4ccccc43)n2)c1C. The molecule has 0 saturated carbocycles. The van der Waals surface area contributed by atoms with Crippen molar-refractivity contribution in [2.75, 3.05) is 0 Å². The van der Waals surface area contributed by atoms with Crippen molar-refractivity contribution in [2.45, 2.75) is 40.0 Å². The van der Waals surface area contributed by atoms with Gasteiger partial charge in [0.25, 0.3) is 0 Å². The Morgan fingerprint density at radius 3 is 2.52 bits per heavy atom. The predicted octanol–water partition coefficient (Wildman–Crippen LogP) is 3.95. The molecule has 5 heteroatoms. The minimum atomic E-state index is -0.00313. The number of nitrogens with zero attached hydrogens (tertiary/aromatic N) is 4. The maximum absolute atomic E-state index is 4.96. The standard InChI is InChI=1S/C22H25N5/c1-14-15(2)24-25-21(14)17-11-16(22(3,4)5)12-20(23-17)27-13-26(6)18-9-7-8-10-19(18)27/h7-12H,1-6H3,(H,24,25). The monoisotopic (exact) mass is 359 g/mol. The Kier molecular flexibility index (Phi) is 3.91. The van der Waals surface area contributed by atoms with E-state index >= 15 is 0 Å². The van der Waals surface area contributed by atoms with Crippen LogP contribution in [0.25, 0.3) is 28.2 Å². The van der Waals surface area contributed by atoms with Crippen LogP contribution >= 0.6 is 0 Å². The van der Waals surface area contributed by atoms with Crippen molar-refractivity contribution in [1.82, 2.24) is 19.7 Å². The zero-order valence-corrected chi connectivity index (χ0v) is 16.8. The van der Waals surface area contributed by atoms with Crippen LogP contribution in [0.3, 0.4) is 0 Å². The summed E-state index contributed by atoms with van der Waals surface area (Å²) in [5, 5.41) is 7.58. The average molecular weight is 359 g/mol. The highest BCUT2D eigenvalue weighted by Gasteiger charge is 2.20. The van der Waals surface area contributed by atoms with E-state index in [0.29, 0.717) is 0 Å². The van der Waals surface area contributed by atoms with Gasteiger partial charge in [0.1, 0.15) is 11.5 Å². The number of fused-ring (bicyclic) bond motifs is 1. The van der Waals surface area contributed by atoms with Gasteiger partial charge < -0.3 is 9.13 Å². The maximum atomic E-state index is 4.96. The molecular formula is C22H25N5. The first-order chi connectivity index (χ1) is 12.8. The normalized spacial score (nSPS) is 12.1. The lowest BCUT2D eigenvalue weighted by atomic mass is 9.87. The van der Waals surface area contributed by atoms with E-state index in [1.165, 1.54) is 5.56 Å². The third-order valence-corrected chi connectivity index (χ3v) is 5.14. The number of benzene rings is 1. The van der Waals surface area contributed by atoms with Gasteiger partial charge in [-0.15, -0.1) is 0 Å². The Morgan fingerprint density at radius 1 is 1.11 bits per heavy atom. The first kappa shape index (κ1) is 17.5. The summed E-state index contributed by atoms with van der Waals surface area (Å²) in [5.41, 5.74) is 7.40. The van der Waals surface area contributed by atoms with E-state index in [-0.39, 0.29) is 5.41 Å². The van der Waals surface area contributed by atoms with E-state index < -0.39 is 0 Å². The molecule has 4 aromatic rings. The fourth-order valence-electron chi connectivity index (χ4n) is 3.29. The Hall–Kier alpha value is -2.95. The van der Waals surface area contributed by atoms with E-state index in [4.69, 9.17) is 4.98 Å². The van der Waals surface area contributed by atoms with Crippen molar-refractivity contribution in [1.29, 1.82) is 0 Å². The van der Waals surface area contributed by atoms with Crippen molar-refractivity contribution in [3.05, 3.63) is 59.5 Å². The fourth-order valence-corrected chi connectivity index (χ4v) is 3.29. The van der Waals surface area contributed by atoms with Crippen LogP contribution in [0.1, 0.15) is 37.6 Å². The highest BCUT2D eigenvalue weighted by Crippen LogP contribution is 2.30. The summed E-state index contributed by atoms with van der Waals surface area (Å²) in [5.74, 6) is 0.856. The van der Waals surface area contributed by atoms with Gasteiger partial charge in [-0.05, 0) is 42.5 Å². The van der Waals surface area contributed by atoms with Crippen LogP contribution in [0.2, 0.25) is 0 Å². The summed E-state index contributed by atoms with van der Waals surface area (Å²) in [7, 11) is 2.01. The molecule has 27 heavy (non-hydrogen) atoms. The topological polar surface area (TPSA) is 50.4 Å². The zero-order chi connectivity index (χ0) is 19.3. The van der Waals surface area contributed by atoms with Gasteiger partial charge >= 0.3 is 0 Å². The molecule has 5 nitrogen and oxygen atoms in total. The molecule has 0 aliphatic heterocycles. The molecule has 3 aromatic heterocycles. The van der Waals surface area contributed by atoms with E-state index in [9.17, 15) is 0 Å². The molecule has 0 atom stereocenters. The van der Waals surface area contributed by atoms with E-state index in [1.807, 2.05) is 35.2 Å². The lowest BCUT2D eigenvalue weighted by Gasteiger charge is -2.21. The molecule has 0 unspecified atom stereocenters. The van der Waals surface area contributed by atoms with Gasteiger partial charge in [-0.1, -0.05) is 45.0 Å². The molecular weight excluding hydrogens is 334 g/mol. The number of rotatable bonds is 2. The summed E-state index contributed by atoms with van der Waals surface area (Å²) in [4.78, 5) is 4.96. The number of hydrogen-bond donors (Lipinski definition) is 1. The lowest BCUT2D eigenvalue weighted by Crippen LogP contribution is -2.26. The number of nitrogens with one attached hydrogen (secondary N) is 1. The summed E-state index contributed by atoms with van der Waals surface area (Å²) >= 11 is 0. The molecule has 4 rings (SSSR count). The molecule has 0 aliphatic rings. The van der Waals surface area contributed by atoms with E-state index in [0.717, 1.165) is 39.5 Å². The molecule has 0 fully saturated rings. The summed E-state index contributed by atoms with van der Waals surface area (Å²) in [6.07, 6.45) is 3.39. The largest absolute Gasteiger partial charge is 0.316 e. The lowest BCUT2D eigenvalue weighted by molar-refractivity contribution is -0.649. The highest BCUT2D eigenvalue weighted by atomic mass is 15.2. The van der Waals surface area contributed by atoms with Gasteiger partial charge in [-0.25, -0.2) is 0 Å². The Bertz CT molecular complexity index is 1140. The number of H-pyrrole nitrogens is 1. The van der Waals surface area contributed by atoms with Gasteiger partial charge in [0.05, 0.1) is 23.8 Å². The van der Waals surface area contributed by atoms with Crippen LogP contribution in [0.4, 0.5) is 0 Å². The third-order valence-electron chi connectivity index (χ3n) is 5.14. The molecule has 0 bridgehead atoms. The highest BCUT2D eigenvalue weighted by molar-refractivity contribution is 5.74. The average Bonchev–Trinajstić information content (AvgIpc) is 3.15. The quantitative estimate of drug-likeness (QED) is 0.435. The third kappa shape index (κ3) is 2.93. The number of para-hydroxylation sites is 2. The molecule has 0 amide bonds. The first-order valence-corrected chi connectivity index (χ1v) is 9.19. The van der Waals surface area contributed by atoms with Crippen LogP contribution in [0.5, 0.6) is 0 Å². The number of pyridine rings is 1. The molecule has 1 N–H and O–H groups in total. The maximum Gasteiger partial charge on any atom is 0.245 e. The second-order valence-corrected chi connectivity index (χ2v) is 8.15. The molecule has 0 aliphatic carbocycles. The smallest absolute Gasteiger partial charge is 0.245 e. The van der Waals surface area contributed by atoms with Crippen LogP contribution in [0.15, 0.2) is 36.4 Å². The second-order valence-electron chi connectivity index (χ2n) is 8.15. The predicted molar refractivity (Wildman–Crippen MR) is 107 cm³/mol. The van der Waals surface area contributed by atoms with Crippen molar-refractivity contribution in [2.24, 2.45) is 7.05 Å². The van der Waals surface area contributed by atoms with Gasteiger partial charge in [0, 0.05) is 5.69 Å². The van der Waals surface area contributed by atoms with Gasteiger partial charge in [0.15, 0.2) is 0 Å². The van der Waals surface area contributed by atoms with Gasteiger partial charge in [0.2, 0.25) is 6.33 Å². The Labute approximate surface area is 159 Å². The number of aromatic amines is 1. The van der Waals surface area contributed by atoms with E-state index in [2.05, 4.69) is 68.5 Å². The van der Waals surface area contributed by atoms with Crippen LogP contribution in [-0.2, 0) is 12.5 Å². The van der Waals surface area contributed by atoms with Gasteiger partial charge in [-0.2, -0.15) is 5.10 Å². The summed E-state index contributed by atoms with van der Waals surface area (Å²) in [6.45, 7) is 10.8. The molecule has 138 valence electrons. The number of aryl methyl sites for hydroxylation is 2. The molecule has 0 radical (unpaired) electrons. The molecule has 0 saturated heterocycles. The van der Waals surface area contributed by atoms with Crippen molar-refractivity contribution in [3.63, 3.8) is 0 Å². The second kappa shape index (κ2) is 6.05. The summed E-state index contributed by atoms with van der Waals surface area (Å²) < 4.78 is 4.04. The zero-order valence-electron chi connectivity index (χ0n) is 16.8.